The van der Waals surface area contributed by atoms with E-state index >= 15 is 0 Å². The Kier molecular flexibility index (Phi) is 6.31. The van der Waals surface area contributed by atoms with Crippen LogP contribution in [0.3, 0.4) is 0 Å². The third-order valence-corrected chi connectivity index (χ3v) is 3.59. The summed E-state index contributed by atoms with van der Waals surface area (Å²) >= 11 is 3.37. The minimum atomic E-state index is -1.04. The van der Waals surface area contributed by atoms with Crippen molar-refractivity contribution in [3.63, 3.8) is 0 Å². The second-order valence-corrected chi connectivity index (χ2v) is 5.55. The normalized spacial score (nSPS) is 10.1. The van der Waals surface area contributed by atoms with E-state index in [9.17, 15) is 4.79 Å². The molecule has 0 aliphatic carbocycles. The van der Waals surface area contributed by atoms with Crippen LogP contribution in [0.5, 0.6) is 23.0 Å². The number of rotatable bonds is 8. The zero-order valence-corrected chi connectivity index (χ0v) is 14.8. The van der Waals surface area contributed by atoms with Gasteiger partial charge in [0.1, 0.15) is 24.5 Å². The fourth-order valence-electron chi connectivity index (χ4n) is 2.05. The van der Waals surface area contributed by atoms with E-state index in [1.807, 2.05) is 0 Å². The number of benzene rings is 2. The summed E-state index contributed by atoms with van der Waals surface area (Å²) in [5.41, 5.74) is 0.108. The molecule has 0 saturated carbocycles. The number of para-hydroxylation sites is 1. The van der Waals surface area contributed by atoms with Crippen molar-refractivity contribution in [3.05, 3.63) is 46.4 Å². The molecule has 128 valence electrons. The Bertz CT molecular complexity index is 691. The molecule has 0 heterocycles. The van der Waals surface area contributed by atoms with Gasteiger partial charge in [0.05, 0.1) is 14.2 Å². The molecule has 2 aromatic rings. The van der Waals surface area contributed by atoms with Crippen molar-refractivity contribution in [2.45, 2.75) is 0 Å². The van der Waals surface area contributed by atoms with Crippen LogP contribution in [-0.2, 0) is 0 Å². The zero-order chi connectivity index (χ0) is 17.5. The van der Waals surface area contributed by atoms with Crippen LogP contribution in [0.1, 0.15) is 10.4 Å². The van der Waals surface area contributed by atoms with E-state index < -0.39 is 5.97 Å². The van der Waals surface area contributed by atoms with E-state index in [1.54, 1.807) is 30.3 Å². The quantitative estimate of drug-likeness (QED) is 0.686. The number of aromatic carboxylic acids is 1. The fraction of sp³-hybridized carbons (Fsp3) is 0.235. The topological polar surface area (TPSA) is 74.2 Å². The Morgan fingerprint density at radius 3 is 2.17 bits per heavy atom. The molecule has 24 heavy (non-hydrogen) atoms. The average molecular weight is 397 g/mol. The monoisotopic (exact) mass is 396 g/mol. The maximum absolute atomic E-state index is 11.1. The zero-order valence-electron chi connectivity index (χ0n) is 13.2. The van der Waals surface area contributed by atoms with Crippen LogP contribution in [0.15, 0.2) is 40.9 Å². The van der Waals surface area contributed by atoms with Gasteiger partial charge < -0.3 is 24.1 Å². The van der Waals surface area contributed by atoms with Crippen molar-refractivity contribution >= 4 is 21.9 Å². The summed E-state index contributed by atoms with van der Waals surface area (Å²) in [5, 5.41) is 9.11. The minimum absolute atomic E-state index is 0.108. The number of ether oxygens (including phenoxy) is 4. The van der Waals surface area contributed by atoms with Crippen molar-refractivity contribution in [2.24, 2.45) is 0 Å². The lowest BCUT2D eigenvalue weighted by Crippen LogP contribution is -2.12. The summed E-state index contributed by atoms with van der Waals surface area (Å²) in [6.07, 6.45) is 0. The molecule has 0 fully saturated rings. The number of carboxylic acids is 1. The van der Waals surface area contributed by atoms with Gasteiger partial charge in [0.15, 0.2) is 11.5 Å². The minimum Gasteiger partial charge on any atom is -0.493 e. The summed E-state index contributed by atoms with van der Waals surface area (Å²) in [7, 11) is 3.07. The van der Waals surface area contributed by atoms with Crippen molar-refractivity contribution in [1.29, 1.82) is 0 Å². The fourth-order valence-corrected chi connectivity index (χ4v) is 2.47. The van der Waals surface area contributed by atoms with Crippen LogP contribution in [0.2, 0.25) is 0 Å². The van der Waals surface area contributed by atoms with E-state index in [2.05, 4.69) is 15.9 Å². The number of carbonyl (C=O) groups is 1. The first-order valence-electron chi connectivity index (χ1n) is 7.06. The predicted molar refractivity (Wildman–Crippen MR) is 91.6 cm³/mol. The maximum atomic E-state index is 11.1. The summed E-state index contributed by atoms with van der Waals surface area (Å²) < 4.78 is 22.5. The van der Waals surface area contributed by atoms with Gasteiger partial charge >= 0.3 is 5.97 Å². The molecule has 1 N–H and O–H groups in total. The SMILES string of the molecule is COc1cc(Br)cc(OC)c1OCCOc1ccccc1C(=O)O. The van der Waals surface area contributed by atoms with Crippen LogP contribution in [0.4, 0.5) is 0 Å². The molecule has 0 amide bonds. The summed E-state index contributed by atoms with van der Waals surface area (Å²) in [6, 6.07) is 9.97. The van der Waals surface area contributed by atoms with Crippen LogP contribution < -0.4 is 18.9 Å². The van der Waals surface area contributed by atoms with Crippen LogP contribution in [0.25, 0.3) is 0 Å². The molecule has 0 unspecified atom stereocenters. The van der Waals surface area contributed by atoms with E-state index in [1.165, 1.54) is 20.3 Å². The maximum Gasteiger partial charge on any atom is 0.339 e. The van der Waals surface area contributed by atoms with Gasteiger partial charge in [0, 0.05) is 4.47 Å². The third kappa shape index (κ3) is 4.32. The van der Waals surface area contributed by atoms with Crippen molar-refractivity contribution in [3.8, 4) is 23.0 Å². The van der Waals surface area contributed by atoms with Gasteiger partial charge in [-0.2, -0.15) is 0 Å². The van der Waals surface area contributed by atoms with E-state index in [-0.39, 0.29) is 18.8 Å². The van der Waals surface area contributed by atoms with Crippen LogP contribution >= 0.6 is 15.9 Å². The lowest BCUT2D eigenvalue weighted by atomic mass is 10.2. The highest BCUT2D eigenvalue weighted by Crippen LogP contribution is 2.40. The number of hydrogen-bond donors (Lipinski definition) is 1. The number of carboxylic acid groups (broad SMARTS) is 1. The molecule has 0 aliphatic rings. The highest BCUT2D eigenvalue weighted by Gasteiger charge is 2.14. The van der Waals surface area contributed by atoms with Crippen molar-refractivity contribution in [2.75, 3.05) is 27.4 Å². The van der Waals surface area contributed by atoms with Gasteiger partial charge in [-0.25, -0.2) is 4.79 Å². The molecule has 0 spiro atoms. The van der Waals surface area contributed by atoms with Gasteiger partial charge in [-0.3, -0.25) is 0 Å². The third-order valence-electron chi connectivity index (χ3n) is 3.13. The standard InChI is InChI=1S/C17H17BrO6/c1-21-14-9-11(18)10-15(22-2)16(14)24-8-7-23-13-6-4-3-5-12(13)17(19)20/h3-6,9-10H,7-8H2,1-2H3,(H,19,20). The highest BCUT2D eigenvalue weighted by molar-refractivity contribution is 9.10. The molecule has 2 rings (SSSR count). The number of methoxy groups -OCH3 is 2. The van der Waals surface area contributed by atoms with E-state index in [4.69, 9.17) is 24.1 Å². The molecule has 0 aliphatic heterocycles. The summed E-state index contributed by atoms with van der Waals surface area (Å²) in [6.45, 7) is 0.370. The molecule has 0 saturated heterocycles. The first-order valence-corrected chi connectivity index (χ1v) is 7.85. The molecule has 0 aromatic heterocycles. The smallest absolute Gasteiger partial charge is 0.339 e. The molecule has 0 bridgehead atoms. The Morgan fingerprint density at radius 2 is 1.58 bits per heavy atom. The Balaban J connectivity index is 2.02. The van der Waals surface area contributed by atoms with E-state index in [0.29, 0.717) is 23.0 Å². The number of halogens is 1. The molecule has 2 aromatic carbocycles. The van der Waals surface area contributed by atoms with Crippen LogP contribution in [-0.4, -0.2) is 38.5 Å². The second-order valence-electron chi connectivity index (χ2n) is 4.64. The molecule has 0 atom stereocenters. The highest BCUT2D eigenvalue weighted by atomic mass is 79.9. The summed E-state index contributed by atoms with van der Waals surface area (Å²) in [5.74, 6) is 0.753. The van der Waals surface area contributed by atoms with Crippen LogP contribution in [0, 0.1) is 0 Å². The lowest BCUT2D eigenvalue weighted by molar-refractivity contribution is 0.0691. The van der Waals surface area contributed by atoms with Gasteiger partial charge in [0.25, 0.3) is 0 Å². The molecule has 6 nitrogen and oxygen atoms in total. The second kappa shape index (κ2) is 8.44. The molecular formula is C17H17BrO6. The average Bonchev–Trinajstić information content (AvgIpc) is 2.59. The Labute approximate surface area is 148 Å². The number of hydrogen-bond acceptors (Lipinski definition) is 5. The lowest BCUT2D eigenvalue weighted by Gasteiger charge is -2.15. The first kappa shape index (κ1) is 17.9. The Hall–Kier alpha value is -2.41. The van der Waals surface area contributed by atoms with E-state index in [0.717, 1.165) is 4.47 Å². The van der Waals surface area contributed by atoms with Gasteiger partial charge in [-0.1, -0.05) is 28.1 Å². The molecule has 7 heteroatoms. The van der Waals surface area contributed by atoms with Crippen molar-refractivity contribution < 1.29 is 28.8 Å². The Morgan fingerprint density at radius 1 is 1.00 bits per heavy atom. The largest absolute Gasteiger partial charge is 0.493 e. The van der Waals surface area contributed by atoms with Gasteiger partial charge in [-0.05, 0) is 24.3 Å². The first-order chi connectivity index (χ1) is 11.6. The van der Waals surface area contributed by atoms with Gasteiger partial charge in [0.2, 0.25) is 5.75 Å². The summed E-state index contributed by atoms with van der Waals surface area (Å²) in [4.78, 5) is 11.1. The molecular weight excluding hydrogens is 380 g/mol. The van der Waals surface area contributed by atoms with Crippen molar-refractivity contribution in [1.82, 2.24) is 0 Å². The molecule has 0 radical (unpaired) electrons. The van der Waals surface area contributed by atoms with Gasteiger partial charge in [-0.15, -0.1) is 0 Å². The predicted octanol–water partition coefficient (Wildman–Crippen LogP) is 3.62.